The number of ether oxygens (including phenoxy) is 8. The van der Waals surface area contributed by atoms with Crippen LogP contribution >= 0.6 is 0 Å². The molecule has 0 aromatic carbocycles. The maximum Gasteiger partial charge on any atom is 0.246 e. The van der Waals surface area contributed by atoms with Crippen LogP contribution in [0.4, 0.5) is 0 Å². The van der Waals surface area contributed by atoms with Crippen molar-refractivity contribution in [3.05, 3.63) is 12.2 Å². The summed E-state index contributed by atoms with van der Waals surface area (Å²) in [6, 6.07) is 0. The topological polar surface area (TPSA) is 123 Å². The second kappa shape index (κ2) is 24.2. The van der Waals surface area contributed by atoms with Crippen molar-refractivity contribution in [1.82, 2.24) is 5.32 Å². The van der Waals surface area contributed by atoms with Crippen LogP contribution in [0.25, 0.3) is 0 Å². The predicted molar refractivity (Wildman–Crippen MR) is 163 cm³/mol. The molecule has 0 saturated heterocycles. The van der Waals surface area contributed by atoms with Gasteiger partial charge in [-0.2, -0.15) is 0 Å². The first kappa shape index (κ1) is 40.9. The molecule has 250 valence electrons. The Morgan fingerprint density at radius 1 is 0.524 bits per heavy atom. The Labute approximate surface area is 254 Å². The highest BCUT2D eigenvalue weighted by Crippen LogP contribution is 2.05. The fourth-order valence-corrected chi connectivity index (χ4v) is 3.18. The van der Waals surface area contributed by atoms with E-state index in [0.717, 1.165) is 0 Å². The average molecular weight is 608 g/mol. The van der Waals surface area contributed by atoms with Gasteiger partial charge >= 0.3 is 0 Å². The summed E-state index contributed by atoms with van der Waals surface area (Å²) in [5.74, 6) is -0.170. The van der Waals surface area contributed by atoms with Crippen LogP contribution < -0.4 is 5.32 Å². The third-order valence-electron chi connectivity index (χ3n) is 5.87. The first-order valence-electron chi connectivity index (χ1n) is 15.2. The molecule has 0 rings (SSSR count). The van der Waals surface area contributed by atoms with E-state index in [1.54, 1.807) is 13.8 Å². The van der Waals surface area contributed by atoms with Crippen molar-refractivity contribution in [3.63, 3.8) is 0 Å². The first-order valence-corrected chi connectivity index (χ1v) is 15.2. The van der Waals surface area contributed by atoms with E-state index in [0.29, 0.717) is 65.0 Å². The van der Waals surface area contributed by atoms with Gasteiger partial charge in [0, 0.05) is 12.1 Å². The fraction of sp³-hybridized carbons (Fsp3) is 0.903. The van der Waals surface area contributed by atoms with Gasteiger partial charge in [0.15, 0.2) is 0 Å². The number of amides is 1. The van der Waals surface area contributed by atoms with Gasteiger partial charge in [0.05, 0.1) is 108 Å². The lowest BCUT2D eigenvalue weighted by Gasteiger charge is -2.23. The zero-order chi connectivity index (χ0) is 32.1. The second-order valence-corrected chi connectivity index (χ2v) is 11.5. The lowest BCUT2D eigenvalue weighted by molar-refractivity contribution is -0.118. The van der Waals surface area contributed by atoms with Crippen LogP contribution in [0.1, 0.15) is 69.2 Å². The minimum absolute atomic E-state index is 0.0767. The normalized spacial score (nSPS) is 18.4. The van der Waals surface area contributed by atoms with E-state index in [2.05, 4.69) is 11.9 Å². The average Bonchev–Trinajstić information content (AvgIpc) is 2.94. The van der Waals surface area contributed by atoms with Crippen LogP contribution in [0, 0.1) is 0 Å². The highest BCUT2D eigenvalue weighted by molar-refractivity contribution is 5.92. The number of aliphatic hydroxyl groups excluding tert-OH is 1. The molecule has 0 aliphatic rings. The lowest BCUT2D eigenvalue weighted by Crippen LogP contribution is -2.34. The van der Waals surface area contributed by atoms with Crippen molar-refractivity contribution in [2.45, 2.75) is 124 Å². The molecule has 0 aliphatic carbocycles. The highest BCUT2D eigenvalue weighted by Gasteiger charge is 2.15. The van der Waals surface area contributed by atoms with Gasteiger partial charge in [0.1, 0.15) is 0 Å². The van der Waals surface area contributed by atoms with Crippen molar-refractivity contribution in [2.24, 2.45) is 0 Å². The van der Waals surface area contributed by atoms with Crippen molar-refractivity contribution in [3.8, 4) is 0 Å². The van der Waals surface area contributed by atoms with Crippen LogP contribution in [-0.2, 0) is 42.7 Å². The lowest BCUT2D eigenvalue weighted by atomic mass is 10.3. The molecule has 42 heavy (non-hydrogen) atoms. The van der Waals surface area contributed by atoms with Gasteiger partial charge in [0.2, 0.25) is 5.91 Å². The molecular formula is C31H61NO10. The molecule has 0 aromatic heterocycles. The minimum Gasteiger partial charge on any atom is -0.391 e. The van der Waals surface area contributed by atoms with Crippen molar-refractivity contribution in [1.29, 1.82) is 0 Å². The van der Waals surface area contributed by atoms with Crippen LogP contribution in [-0.4, -0.2) is 125 Å². The summed E-state index contributed by atoms with van der Waals surface area (Å²) in [4.78, 5) is 11.6. The smallest absolute Gasteiger partial charge is 0.246 e. The molecule has 0 fully saturated rings. The molecule has 0 aromatic rings. The second-order valence-electron chi connectivity index (χ2n) is 11.5. The molecule has 0 aliphatic heterocycles. The van der Waals surface area contributed by atoms with Gasteiger partial charge in [-0.15, -0.1) is 0 Å². The monoisotopic (exact) mass is 607 g/mol. The van der Waals surface area contributed by atoms with E-state index in [-0.39, 0.29) is 54.7 Å². The quantitative estimate of drug-likeness (QED) is 0.135. The van der Waals surface area contributed by atoms with Gasteiger partial charge in [-0.1, -0.05) is 6.58 Å². The Kier molecular flexibility index (Phi) is 23.5. The summed E-state index contributed by atoms with van der Waals surface area (Å²) in [5.41, 5.74) is 0.475. The molecule has 1 amide bonds. The third kappa shape index (κ3) is 24.3. The number of carbonyl (C=O) groups is 1. The first-order chi connectivity index (χ1) is 19.7. The zero-order valence-electron chi connectivity index (χ0n) is 27.9. The van der Waals surface area contributed by atoms with Crippen LogP contribution in [0.2, 0.25) is 0 Å². The predicted octanol–water partition coefficient (Wildman–Crippen LogP) is 3.30. The molecule has 2 N–H and O–H groups in total. The van der Waals surface area contributed by atoms with Gasteiger partial charge in [-0.25, -0.2) is 0 Å². The number of aliphatic hydroxyl groups is 1. The van der Waals surface area contributed by atoms with E-state index in [4.69, 9.17) is 37.9 Å². The molecule has 11 nitrogen and oxygen atoms in total. The Balaban J connectivity index is 3.91. The minimum atomic E-state index is -0.486. The summed E-state index contributed by atoms with van der Waals surface area (Å²) in [6.45, 7) is 26.4. The maximum absolute atomic E-state index is 11.6. The molecule has 0 heterocycles. The van der Waals surface area contributed by atoms with E-state index in [1.165, 1.54) is 0 Å². The largest absolute Gasteiger partial charge is 0.391 e. The summed E-state index contributed by atoms with van der Waals surface area (Å²) in [6.07, 6.45) is -1.23. The third-order valence-corrected chi connectivity index (χ3v) is 5.87. The molecule has 0 radical (unpaired) electrons. The Bertz CT molecular complexity index is 695. The number of nitrogens with one attached hydrogen (secondary N) is 1. The Morgan fingerprint density at radius 2 is 0.762 bits per heavy atom. The Morgan fingerprint density at radius 3 is 1.00 bits per heavy atom. The van der Waals surface area contributed by atoms with Crippen LogP contribution in [0.15, 0.2) is 12.2 Å². The molecule has 0 bridgehead atoms. The molecule has 9 unspecified atom stereocenters. The Hall–Kier alpha value is -1.15. The zero-order valence-corrected chi connectivity index (χ0v) is 27.9. The summed E-state index contributed by atoms with van der Waals surface area (Å²) >= 11 is 0. The SMILES string of the molecule is C=C(C)C(=O)NCC(C)OCC(C)OCC(C)OCC(C)OCC(C)OCC(C)OCC(C)OCC(C)OCC(C)O. The molecule has 9 atom stereocenters. The standard InChI is InChI=1S/C31H61NO10/c1-21(2)31(34)32-12-23(4)36-14-25(6)38-16-27(8)40-18-29(10)42-20-30(11)41-19-28(9)39-17-26(7)37-15-24(5)35-13-22(3)33/h22-30,33H,1,12-20H2,2-11H3,(H,32,34). The summed E-state index contributed by atoms with van der Waals surface area (Å²) < 4.78 is 46.3. The van der Waals surface area contributed by atoms with Gasteiger partial charge in [0.25, 0.3) is 0 Å². The van der Waals surface area contributed by atoms with E-state index < -0.39 is 6.10 Å². The van der Waals surface area contributed by atoms with Gasteiger partial charge in [-0.05, 0) is 69.2 Å². The van der Waals surface area contributed by atoms with Gasteiger partial charge in [-0.3, -0.25) is 4.79 Å². The van der Waals surface area contributed by atoms with E-state index in [9.17, 15) is 9.90 Å². The van der Waals surface area contributed by atoms with Gasteiger partial charge < -0.3 is 48.3 Å². The van der Waals surface area contributed by atoms with E-state index >= 15 is 0 Å². The van der Waals surface area contributed by atoms with Crippen LogP contribution in [0.5, 0.6) is 0 Å². The number of rotatable bonds is 27. The fourth-order valence-electron chi connectivity index (χ4n) is 3.18. The molecule has 0 spiro atoms. The highest BCUT2D eigenvalue weighted by atomic mass is 16.6. The molecule has 0 saturated carbocycles. The van der Waals surface area contributed by atoms with Crippen molar-refractivity contribution in [2.75, 3.05) is 59.4 Å². The maximum atomic E-state index is 11.6. The van der Waals surface area contributed by atoms with Crippen molar-refractivity contribution < 1.29 is 47.8 Å². The number of carbonyl (C=O) groups excluding carboxylic acids is 1. The molecular weight excluding hydrogens is 546 g/mol. The molecule has 11 heteroatoms. The van der Waals surface area contributed by atoms with E-state index in [1.807, 2.05) is 55.4 Å². The summed E-state index contributed by atoms with van der Waals surface area (Å²) in [5, 5.41) is 12.1. The van der Waals surface area contributed by atoms with Crippen LogP contribution in [0.3, 0.4) is 0 Å². The number of hydrogen-bond acceptors (Lipinski definition) is 10. The summed E-state index contributed by atoms with van der Waals surface area (Å²) in [7, 11) is 0. The number of hydrogen-bond donors (Lipinski definition) is 2. The van der Waals surface area contributed by atoms with Crippen molar-refractivity contribution >= 4 is 5.91 Å².